The Morgan fingerprint density at radius 2 is 1.94 bits per heavy atom. The van der Waals surface area contributed by atoms with E-state index >= 15 is 0 Å². The van der Waals surface area contributed by atoms with Crippen molar-refractivity contribution in [2.24, 2.45) is 0 Å². The van der Waals surface area contributed by atoms with Crippen LogP contribution >= 0.6 is 23.3 Å². The summed E-state index contributed by atoms with van der Waals surface area (Å²) in [7, 11) is 0. The zero-order valence-corrected chi connectivity index (χ0v) is 9.88. The summed E-state index contributed by atoms with van der Waals surface area (Å²) in [6.07, 6.45) is -2.52. The third-order valence-corrected chi connectivity index (χ3v) is 3.92. The van der Waals surface area contributed by atoms with Crippen LogP contribution in [0.5, 0.6) is 0 Å². The van der Waals surface area contributed by atoms with Crippen LogP contribution in [0, 0.1) is 0 Å². The first-order valence-corrected chi connectivity index (χ1v) is 6.74. The molecule has 0 aliphatic carbocycles. The molecule has 1 fully saturated rings. The summed E-state index contributed by atoms with van der Waals surface area (Å²) in [6, 6.07) is 0.232. The molecule has 0 spiro atoms. The van der Waals surface area contributed by atoms with Gasteiger partial charge in [0, 0.05) is 17.6 Å². The fraction of sp³-hybridized carbons (Fsp3) is 0.750. The molecule has 2 rings (SSSR count). The molecular weight excluding hydrogens is 259 g/mol. The van der Waals surface area contributed by atoms with Crippen molar-refractivity contribution in [2.45, 2.75) is 25.1 Å². The molecule has 1 aliphatic rings. The van der Waals surface area contributed by atoms with Gasteiger partial charge in [0.1, 0.15) is 0 Å². The molecule has 8 heteroatoms. The summed E-state index contributed by atoms with van der Waals surface area (Å²) in [5, 5.41) is 3.27. The van der Waals surface area contributed by atoms with Gasteiger partial charge in [-0.25, -0.2) is 0 Å². The fourth-order valence-electron chi connectivity index (χ4n) is 1.41. The molecule has 0 atom stereocenters. The number of halogens is 3. The van der Waals surface area contributed by atoms with Crippen molar-refractivity contribution in [3.8, 4) is 0 Å². The number of nitrogens with one attached hydrogen (secondary N) is 1. The Morgan fingerprint density at radius 1 is 1.25 bits per heavy atom. The van der Waals surface area contributed by atoms with E-state index < -0.39 is 12.0 Å². The lowest BCUT2D eigenvalue weighted by molar-refractivity contribution is -0.144. The average Bonchev–Trinajstić information content (AvgIpc) is 2.67. The summed E-state index contributed by atoms with van der Waals surface area (Å²) in [4.78, 5) is 3.44. The number of alkyl halides is 3. The van der Waals surface area contributed by atoms with Crippen LogP contribution in [-0.2, 0) is 6.18 Å². The predicted molar refractivity (Wildman–Crippen MR) is 58.9 cm³/mol. The number of thioether (sulfide) groups is 1. The minimum Gasteiger partial charge on any atom is -0.357 e. The number of hydrogen-bond acceptors (Lipinski definition) is 5. The number of aromatic nitrogens is 2. The van der Waals surface area contributed by atoms with Crippen LogP contribution in [0.25, 0.3) is 0 Å². The molecule has 1 aliphatic heterocycles. The van der Waals surface area contributed by atoms with Crippen LogP contribution in [0.3, 0.4) is 0 Å². The largest absolute Gasteiger partial charge is 0.452 e. The first-order chi connectivity index (χ1) is 7.55. The quantitative estimate of drug-likeness (QED) is 0.896. The van der Waals surface area contributed by atoms with Gasteiger partial charge in [0.2, 0.25) is 11.0 Å². The summed E-state index contributed by atoms with van der Waals surface area (Å²) < 4.78 is 40.0. The lowest BCUT2D eigenvalue weighted by Crippen LogP contribution is -2.24. The van der Waals surface area contributed by atoms with Crippen molar-refractivity contribution < 1.29 is 13.2 Å². The van der Waals surface area contributed by atoms with Gasteiger partial charge in [0.05, 0.1) is 0 Å². The van der Waals surface area contributed by atoms with Gasteiger partial charge in [0.25, 0.3) is 0 Å². The molecule has 0 radical (unpaired) electrons. The highest BCUT2D eigenvalue weighted by atomic mass is 32.2. The summed E-state index contributed by atoms with van der Waals surface area (Å²) >= 11 is 2.64. The highest BCUT2D eigenvalue weighted by Crippen LogP contribution is 2.30. The maximum Gasteiger partial charge on any atom is 0.452 e. The van der Waals surface area contributed by atoms with Crippen molar-refractivity contribution in [1.29, 1.82) is 0 Å². The smallest absolute Gasteiger partial charge is 0.357 e. The summed E-state index contributed by atoms with van der Waals surface area (Å²) in [5.41, 5.74) is 0. The third-order valence-electron chi connectivity index (χ3n) is 2.23. The SMILES string of the molecule is FC(F)(F)c1nsc(NC2CCSCC2)n1. The minimum atomic E-state index is -4.45. The van der Waals surface area contributed by atoms with Gasteiger partial charge in [-0.3, -0.25) is 0 Å². The minimum absolute atomic E-state index is 0.232. The highest BCUT2D eigenvalue weighted by Gasteiger charge is 2.36. The van der Waals surface area contributed by atoms with Crippen LogP contribution in [0.2, 0.25) is 0 Å². The van der Waals surface area contributed by atoms with Gasteiger partial charge in [0.15, 0.2) is 0 Å². The summed E-state index contributed by atoms with van der Waals surface area (Å²) in [6.45, 7) is 0. The molecule has 1 saturated heterocycles. The standard InChI is InChI=1S/C8H10F3N3S2/c9-8(10,11)6-13-7(16-14-6)12-5-1-3-15-4-2-5/h5H,1-4H2,(H,12,13,14). The normalized spacial score (nSPS) is 18.7. The van der Waals surface area contributed by atoms with Crippen LogP contribution in [-0.4, -0.2) is 26.9 Å². The van der Waals surface area contributed by atoms with E-state index in [4.69, 9.17) is 0 Å². The molecule has 0 bridgehead atoms. The monoisotopic (exact) mass is 269 g/mol. The fourth-order valence-corrected chi connectivity index (χ4v) is 3.18. The van der Waals surface area contributed by atoms with E-state index in [0.717, 1.165) is 35.9 Å². The Hall–Kier alpha value is -0.500. The summed E-state index contributed by atoms with van der Waals surface area (Å²) in [5.74, 6) is 1.04. The van der Waals surface area contributed by atoms with Crippen LogP contribution < -0.4 is 5.32 Å². The van der Waals surface area contributed by atoms with E-state index in [0.29, 0.717) is 0 Å². The number of anilines is 1. The molecule has 16 heavy (non-hydrogen) atoms. The van der Waals surface area contributed by atoms with Crippen molar-refractivity contribution in [1.82, 2.24) is 9.36 Å². The molecule has 3 nitrogen and oxygen atoms in total. The molecule has 0 aromatic carbocycles. The van der Waals surface area contributed by atoms with Gasteiger partial charge < -0.3 is 5.32 Å². The van der Waals surface area contributed by atoms with Crippen molar-refractivity contribution >= 4 is 28.4 Å². The van der Waals surface area contributed by atoms with Crippen molar-refractivity contribution in [3.63, 3.8) is 0 Å². The van der Waals surface area contributed by atoms with E-state index in [1.807, 2.05) is 11.8 Å². The second-order valence-corrected chi connectivity index (χ2v) is 5.43. The van der Waals surface area contributed by atoms with Gasteiger partial charge >= 0.3 is 6.18 Å². The van der Waals surface area contributed by atoms with E-state index in [2.05, 4.69) is 14.7 Å². The topological polar surface area (TPSA) is 37.8 Å². The van der Waals surface area contributed by atoms with E-state index in [1.54, 1.807) is 0 Å². The second kappa shape index (κ2) is 4.79. The van der Waals surface area contributed by atoms with Gasteiger partial charge in [-0.15, -0.1) is 0 Å². The van der Waals surface area contributed by atoms with Crippen LogP contribution in [0.4, 0.5) is 18.3 Å². The number of rotatable bonds is 2. The second-order valence-electron chi connectivity index (χ2n) is 3.45. The van der Waals surface area contributed by atoms with Gasteiger partial charge in [-0.05, 0) is 24.3 Å². The number of hydrogen-bond donors (Lipinski definition) is 1. The van der Waals surface area contributed by atoms with Gasteiger partial charge in [-0.2, -0.15) is 34.3 Å². The Balaban J connectivity index is 1.97. The molecule has 90 valence electrons. The van der Waals surface area contributed by atoms with E-state index in [-0.39, 0.29) is 11.2 Å². The molecule has 0 amide bonds. The van der Waals surface area contributed by atoms with E-state index in [1.165, 1.54) is 0 Å². The van der Waals surface area contributed by atoms with Gasteiger partial charge in [-0.1, -0.05) is 0 Å². The zero-order chi connectivity index (χ0) is 11.6. The number of nitrogens with zero attached hydrogens (tertiary/aromatic N) is 2. The van der Waals surface area contributed by atoms with Crippen molar-refractivity contribution in [2.75, 3.05) is 16.8 Å². The molecule has 2 heterocycles. The molecular formula is C8H10F3N3S2. The highest BCUT2D eigenvalue weighted by molar-refractivity contribution is 7.99. The average molecular weight is 269 g/mol. The Morgan fingerprint density at radius 3 is 2.50 bits per heavy atom. The maximum absolute atomic E-state index is 12.2. The molecule has 0 unspecified atom stereocenters. The zero-order valence-electron chi connectivity index (χ0n) is 8.25. The van der Waals surface area contributed by atoms with Crippen LogP contribution in [0.1, 0.15) is 18.7 Å². The lowest BCUT2D eigenvalue weighted by atomic mass is 10.2. The molecule has 1 N–H and O–H groups in total. The third kappa shape index (κ3) is 3.00. The molecule has 1 aromatic heterocycles. The molecule has 1 aromatic rings. The van der Waals surface area contributed by atoms with Crippen LogP contribution in [0.15, 0.2) is 0 Å². The Kier molecular flexibility index (Phi) is 3.58. The Labute approximate surface area is 99.0 Å². The van der Waals surface area contributed by atoms with E-state index in [9.17, 15) is 13.2 Å². The Bertz CT molecular complexity index is 347. The molecule has 0 saturated carbocycles. The lowest BCUT2D eigenvalue weighted by Gasteiger charge is -2.21. The van der Waals surface area contributed by atoms with Crippen molar-refractivity contribution in [3.05, 3.63) is 5.82 Å². The predicted octanol–water partition coefficient (Wildman–Crippen LogP) is 2.86. The maximum atomic E-state index is 12.2. The first kappa shape index (κ1) is 12.0. The first-order valence-electron chi connectivity index (χ1n) is 4.81.